The van der Waals surface area contributed by atoms with Crippen molar-refractivity contribution in [2.24, 2.45) is 5.92 Å². The molecule has 1 atom stereocenters. The Labute approximate surface area is 153 Å². The molecule has 0 bridgehead atoms. The average Bonchev–Trinajstić information content (AvgIpc) is 2.96. The molecule has 0 N–H and O–H groups in total. The van der Waals surface area contributed by atoms with Crippen LogP contribution < -0.4 is 0 Å². The van der Waals surface area contributed by atoms with Crippen LogP contribution in [-0.4, -0.2) is 34.1 Å². The summed E-state index contributed by atoms with van der Waals surface area (Å²) in [6, 6.07) is 5.73. The number of benzene rings is 1. The van der Waals surface area contributed by atoms with Gasteiger partial charge in [0.1, 0.15) is 0 Å². The number of ether oxygens (including phenoxy) is 1. The highest BCUT2D eigenvalue weighted by atomic mass is 35.5. The molecule has 1 aromatic heterocycles. The topological polar surface area (TPSA) is 30.3 Å². The van der Waals surface area contributed by atoms with E-state index in [1.165, 1.54) is 5.69 Å². The minimum Gasteiger partial charge on any atom is -0.371 e. The maximum atomic E-state index is 6.14. The summed E-state index contributed by atoms with van der Waals surface area (Å²) >= 11 is 12.2. The second-order valence-corrected chi connectivity index (χ2v) is 7.51. The van der Waals surface area contributed by atoms with E-state index in [0.717, 1.165) is 31.7 Å². The van der Waals surface area contributed by atoms with Gasteiger partial charge in [0.2, 0.25) is 0 Å². The van der Waals surface area contributed by atoms with E-state index in [2.05, 4.69) is 28.3 Å². The lowest BCUT2D eigenvalue weighted by atomic mass is 10.1. The van der Waals surface area contributed by atoms with Crippen molar-refractivity contribution in [3.8, 4) is 0 Å². The fourth-order valence-corrected chi connectivity index (χ4v) is 3.33. The van der Waals surface area contributed by atoms with Gasteiger partial charge in [0, 0.05) is 32.4 Å². The molecule has 24 heavy (non-hydrogen) atoms. The molecular formula is C18H23Cl2N3O. The molecule has 1 unspecified atom stereocenters. The van der Waals surface area contributed by atoms with Gasteiger partial charge in [-0.25, -0.2) is 4.98 Å². The molecule has 0 spiro atoms. The predicted molar refractivity (Wildman–Crippen MR) is 97.5 cm³/mol. The zero-order chi connectivity index (χ0) is 17.1. The van der Waals surface area contributed by atoms with Crippen molar-refractivity contribution >= 4 is 23.2 Å². The van der Waals surface area contributed by atoms with Crippen LogP contribution in [0, 0.1) is 5.92 Å². The number of halogens is 2. The van der Waals surface area contributed by atoms with Crippen LogP contribution in [0.5, 0.6) is 0 Å². The number of hydrogen-bond donors (Lipinski definition) is 0. The first-order chi connectivity index (χ1) is 11.5. The summed E-state index contributed by atoms with van der Waals surface area (Å²) in [5.41, 5.74) is 2.32. The molecule has 1 aliphatic rings. The molecule has 2 aromatic rings. The van der Waals surface area contributed by atoms with Crippen molar-refractivity contribution < 1.29 is 4.74 Å². The Balaban J connectivity index is 1.67. The predicted octanol–water partition coefficient (Wildman–Crippen LogP) is 4.42. The van der Waals surface area contributed by atoms with E-state index in [1.807, 2.05) is 30.7 Å². The van der Waals surface area contributed by atoms with Crippen LogP contribution in [-0.2, 0) is 17.8 Å². The number of imidazole rings is 1. The lowest BCUT2D eigenvalue weighted by Crippen LogP contribution is -2.38. The normalized spacial score (nSPS) is 19.1. The second kappa shape index (κ2) is 7.87. The van der Waals surface area contributed by atoms with Gasteiger partial charge in [-0.05, 0) is 23.6 Å². The molecule has 2 heterocycles. The fourth-order valence-electron chi connectivity index (χ4n) is 3.03. The number of morpholine rings is 1. The van der Waals surface area contributed by atoms with Gasteiger partial charge < -0.3 is 9.30 Å². The molecule has 0 radical (unpaired) electrons. The summed E-state index contributed by atoms with van der Waals surface area (Å²) in [5.74, 6) is 0.603. The maximum absolute atomic E-state index is 6.14. The number of hydrogen-bond acceptors (Lipinski definition) is 3. The van der Waals surface area contributed by atoms with E-state index in [9.17, 15) is 0 Å². The maximum Gasteiger partial charge on any atom is 0.0953 e. The Hall–Kier alpha value is -1.07. The summed E-state index contributed by atoms with van der Waals surface area (Å²) in [4.78, 5) is 6.72. The SMILES string of the molecule is CC(C)Cn1cncc1CN1CCOC(c2ccc(Cl)c(Cl)c2)C1. The Bertz CT molecular complexity index is 687. The first kappa shape index (κ1) is 17.7. The summed E-state index contributed by atoms with van der Waals surface area (Å²) < 4.78 is 8.18. The Morgan fingerprint density at radius 1 is 1.29 bits per heavy atom. The zero-order valence-electron chi connectivity index (χ0n) is 14.1. The first-order valence-corrected chi connectivity index (χ1v) is 9.06. The van der Waals surface area contributed by atoms with Crippen LogP contribution in [0.25, 0.3) is 0 Å². The van der Waals surface area contributed by atoms with Gasteiger partial charge in [0.05, 0.1) is 34.8 Å². The minimum atomic E-state index is 0.0231. The molecule has 1 fully saturated rings. The van der Waals surface area contributed by atoms with Gasteiger partial charge in [0.15, 0.2) is 0 Å². The molecule has 0 aliphatic carbocycles. The quantitative estimate of drug-likeness (QED) is 0.783. The highest BCUT2D eigenvalue weighted by molar-refractivity contribution is 6.42. The highest BCUT2D eigenvalue weighted by Crippen LogP contribution is 2.29. The summed E-state index contributed by atoms with van der Waals surface area (Å²) in [6.07, 6.45) is 3.91. The van der Waals surface area contributed by atoms with Gasteiger partial charge in [-0.1, -0.05) is 43.1 Å². The number of rotatable bonds is 5. The first-order valence-electron chi connectivity index (χ1n) is 8.31. The van der Waals surface area contributed by atoms with E-state index < -0.39 is 0 Å². The standard InChI is InChI=1S/C18H23Cl2N3O/c1-13(2)9-23-12-21-8-15(23)10-22-5-6-24-18(11-22)14-3-4-16(19)17(20)7-14/h3-4,7-8,12-13,18H,5-6,9-11H2,1-2H3. The molecule has 0 saturated carbocycles. The van der Waals surface area contributed by atoms with Crippen molar-refractivity contribution in [1.29, 1.82) is 0 Å². The van der Waals surface area contributed by atoms with Crippen LogP contribution in [0.15, 0.2) is 30.7 Å². The molecule has 1 saturated heterocycles. The third-order valence-corrected chi connectivity index (χ3v) is 4.95. The molecule has 3 rings (SSSR count). The summed E-state index contributed by atoms with van der Waals surface area (Å²) in [6.45, 7) is 8.79. The fraction of sp³-hybridized carbons (Fsp3) is 0.500. The summed E-state index contributed by atoms with van der Waals surface area (Å²) in [5, 5.41) is 1.15. The Kier molecular flexibility index (Phi) is 5.82. The third-order valence-electron chi connectivity index (χ3n) is 4.21. The molecule has 1 aromatic carbocycles. The Morgan fingerprint density at radius 2 is 2.12 bits per heavy atom. The van der Waals surface area contributed by atoms with E-state index in [0.29, 0.717) is 22.6 Å². The number of aromatic nitrogens is 2. The Morgan fingerprint density at radius 3 is 2.88 bits per heavy atom. The van der Waals surface area contributed by atoms with Crippen molar-refractivity contribution in [3.05, 3.63) is 52.0 Å². The van der Waals surface area contributed by atoms with Gasteiger partial charge in [-0.3, -0.25) is 4.90 Å². The monoisotopic (exact) mass is 367 g/mol. The smallest absolute Gasteiger partial charge is 0.0953 e. The zero-order valence-corrected chi connectivity index (χ0v) is 15.6. The van der Waals surface area contributed by atoms with Crippen LogP contribution in [0.1, 0.15) is 31.2 Å². The minimum absolute atomic E-state index is 0.0231. The molecule has 6 heteroatoms. The van der Waals surface area contributed by atoms with Crippen molar-refractivity contribution in [2.75, 3.05) is 19.7 Å². The van der Waals surface area contributed by atoms with E-state index in [1.54, 1.807) is 0 Å². The number of nitrogens with zero attached hydrogens (tertiary/aromatic N) is 3. The van der Waals surface area contributed by atoms with Gasteiger partial charge in [-0.2, -0.15) is 0 Å². The van der Waals surface area contributed by atoms with Gasteiger partial charge in [-0.15, -0.1) is 0 Å². The largest absolute Gasteiger partial charge is 0.371 e. The van der Waals surface area contributed by atoms with Crippen LogP contribution in [0.2, 0.25) is 10.0 Å². The van der Waals surface area contributed by atoms with E-state index >= 15 is 0 Å². The van der Waals surface area contributed by atoms with Gasteiger partial charge >= 0.3 is 0 Å². The van der Waals surface area contributed by atoms with Gasteiger partial charge in [0.25, 0.3) is 0 Å². The van der Waals surface area contributed by atoms with Crippen molar-refractivity contribution in [1.82, 2.24) is 14.5 Å². The van der Waals surface area contributed by atoms with Crippen LogP contribution >= 0.6 is 23.2 Å². The molecule has 130 valence electrons. The average molecular weight is 368 g/mol. The van der Waals surface area contributed by atoms with Crippen molar-refractivity contribution in [2.45, 2.75) is 33.0 Å². The molecule has 4 nitrogen and oxygen atoms in total. The van der Waals surface area contributed by atoms with E-state index in [-0.39, 0.29) is 6.10 Å². The highest BCUT2D eigenvalue weighted by Gasteiger charge is 2.23. The van der Waals surface area contributed by atoms with E-state index in [4.69, 9.17) is 27.9 Å². The molecule has 0 amide bonds. The second-order valence-electron chi connectivity index (χ2n) is 6.70. The van der Waals surface area contributed by atoms with Crippen LogP contribution in [0.3, 0.4) is 0 Å². The van der Waals surface area contributed by atoms with Crippen molar-refractivity contribution in [3.63, 3.8) is 0 Å². The lowest BCUT2D eigenvalue weighted by Gasteiger charge is -2.33. The molecule has 1 aliphatic heterocycles. The van der Waals surface area contributed by atoms with Crippen LogP contribution in [0.4, 0.5) is 0 Å². The summed E-state index contributed by atoms with van der Waals surface area (Å²) in [7, 11) is 0. The molecular weight excluding hydrogens is 345 g/mol. The third kappa shape index (κ3) is 4.31. The lowest BCUT2D eigenvalue weighted by molar-refractivity contribution is -0.0336.